The van der Waals surface area contributed by atoms with Crippen molar-refractivity contribution in [3.63, 3.8) is 0 Å². The molecule has 0 aromatic rings. The van der Waals surface area contributed by atoms with Crippen LogP contribution in [0.1, 0.15) is 58.3 Å². The lowest BCUT2D eigenvalue weighted by atomic mass is 9.54. The van der Waals surface area contributed by atoms with Gasteiger partial charge in [0.2, 0.25) is 0 Å². The number of allylic oxidation sites excluding steroid dienone is 4. The Morgan fingerprint density at radius 3 is 2.84 bits per heavy atom. The maximum Gasteiger partial charge on any atom is 0.0596 e. The molecule has 2 saturated carbocycles. The summed E-state index contributed by atoms with van der Waals surface area (Å²) < 4.78 is 0. The number of hydrogen-bond donors (Lipinski definition) is 1. The Balaban J connectivity index is 1.66. The second-order valence-electron chi connectivity index (χ2n) is 7.56. The lowest BCUT2D eigenvalue weighted by molar-refractivity contribution is -0.0310. The first kappa shape index (κ1) is 12.2. The summed E-state index contributed by atoms with van der Waals surface area (Å²) in [6.07, 6.45) is 14.8. The van der Waals surface area contributed by atoms with Crippen LogP contribution in [-0.2, 0) is 0 Å². The molecule has 0 bridgehead atoms. The van der Waals surface area contributed by atoms with Gasteiger partial charge in [-0.15, -0.1) is 0 Å². The molecule has 5 atom stereocenters. The molecule has 0 unspecified atom stereocenters. The lowest BCUT2D eigenvalue weighted by Crippen LogP contribution is -2.45. The highest BCUT2D eigenvalue weighted by Crippen LogP contribution is 2.60. The zero-order valence-electron chi connectivity index (χ0n) is 12.1. The third-order valence-corrected chi connectivity index (χ3v) is 6.94. The summed E-state index contributed by atoms with van der Waals surface area (Å²) in [5.74, 6) is 2.53. The Morgan fingerprint density at radius 1 is 1.11 bits per heavy atom. The summed E-state index contributed by atoms with van der Waals surface area (Å²) >= 11 is 0. The van der Waals surface area contributed by atoms with E-state index < -0.39 is 0 Å². The summed E-state index contributed by atoms with van der Waals surface area (Å²) in [7, 11) is 0. The maximum absolute atomic E-state index is 10.4. The first-order valence-electron chi connectivity index (χ1n) is 8.24. The Morgan fingerprint density at radius 2 is 1.95 bits per heavy atom. The summed E-state index contributed by atoms with van der Waals surface area (Å²) in [5.41, 5.74) is 3.82. The zero-order valence-corrected chi connectivity index (χ0v) is 12.1. The van der Waals surface area contributed by atoms with Crippen LogP contribution in [0.15, 0.2) is 23.3 Å². The summed E-state index contributed by atoms with van der Waals surface area (Å²) in [5, 5.41) is 10.4. The van der Waals surface area contributed by atoms with Crippen LogP contribution >= 0.6 is 0 Å². The highest BCUT2D eigenvalue weighted by Gasteiger charge is 2.54. The van der Waals surface area contributed by atoms with E-state index in [9.17, 15) is 5.11 Å². The highest BCUT2D eigenvalue weighted by molar-refractivity contribution is 5.30. The molecule has 0 amide bonds. The van der Waals surface area contributed by atoms with Crippen LogP contribution in [0.4, 0.5) is 0 Å². The molecule has 104 valence electrons. The first-order chi connectivity index (χ1) is 9.20. The van der Waals surface area contributed by atoms with Crippen LogP contribution < -0.4 is 0 Å². The van der Waals surface area contributed by atoms with Crippen molar-refractivity contribution < 1.29 is 5.11 Å². The van der Waals surface area contributed by atoms with E-state index in [2.05, 4.69) is 19.1 Å². The first-order valence-corrected chi connectivity index (χ1v) is 8.24. The van der Waals surface area contributed by atoms with Crippen molar-refractivity contribution in [3.05, 3.63) is 23.3 Å². The van der Waals surface area contributed by atoms with Gasteiger partial charge in [-0.1, -0.05) is 30.2 Å². The second-order valence-corrected chi connectivity index (χ2v) is 7.56. The van der Waals surface area contributed by atoms with E-state index in [4.69, 9.17) is 0 Å². The maximum atomic E-state index is 10.4. The fourth-order valence-electron chi connectivity index (χ4n) is 5.82. The van der Waals surface area contributed by atoms with Crippen LogP contribution in [0, 0.1) is 23.2 Å². The number of aliphatic hydroxyl groups is 1. The molecule has 19 heavy (non-hydrogen) atoms. The second kappa shape index (κ2) is 4.22. The smallest absolute Gasteiger partial charge is 0.0596 e. The molecule has 0 aromatic heterocycles. The van der Waals surface area contributed by atoms with E-state index in [1.165, 1.54) is 44.9 Å². The molecule has 2 fully saturated rings. The molecule has 0 heterocycles. The standard InChI is InChI=1S/C18H26O/c1-18-11-10-14-13-5-3-2-4-12(13)6-7-15(14)16(18)8-9-17(18)19/h2-3,14-17,19H,4-11H2,1H3/t14-,15-,16+,17+,18+/m1/s1. The molecule has 4 aliphatic rings. The molecule has 4 rings (SSSR count). The van der Waals surface area contributed by atoms with E-state index >= 15 is 0 Å². The van der Waals surface area contributed by atoms with Gasteiger partial charge < -0.3 is 5.11 Å². The average Bonchev–Trinajstić information content (AvgIpc) is 2.75. The van der Waals surface area contributed by atoms with Crippen molar-refractivity contribution in [2.24, 2.45) is 23.2 Å². The quantitative estimate of drug-likeness (QED) is 0.645. The van der Waals surface area contributed by atoms with Gasteiger partial charge in [0.25, 0.3) is 0 Å². The minimum absolute atomic E-state index is 0.0277. The summed E-state index contributed by atoms with van der Waals surface area (Å²) in [4.78, 5) is 0. The molecule has 1 heteroatoms. The van der Waals surface area contributed by atoms with Crippen LogP contribution in [0.2, 0.25) is 0 Å². The Kier molecular flexibility index (Phi) is 2.71. The lowest BCUT2D eigenvalue weighted by Gasteiger charge is -2.51. The molecule has 0 saturated heterocycles. The number of rotatable bonds is 0. The van der Waals surface area contributed by atoms with E-state index in [-0.39, 0.29) is 11.5 Å². The number of aliphatic hydroxyl groups excluding tert-OH is 1. The van der Waals surface area contributed by atoms with Crippen LogP contribution in [0.25, 0.3) is 0 Å². The molecule has 4 aliphatic carbocycles. The Labute approximate surface area is 116 Å². The third-order valence-electron chi connectivity index (χ3n) is 6.94. The summed E-state index contributed by atoms with van der Waals surface area (Å²) in [6, 6.07) is 0. The van der Waals surface area contributed by atoms with E-state index in [0.717, 1.165) is 24.2 Å². The van der Waals surface area contributed by atoms with Crippen molar-refractivity contribution in [2.45, 2.75) is 64.4 Å². The van der Waals surface area contributed by atoms with Gasteiger partial charge >= 0.3 is 0 Å². The van der Waals surface area contributed by atoms with Crippen LogP contribution in [0.5, 0.6) is 0 Å². The van der Waals surface area contributed by atoms with E-state index in [1.807, 2.05) is 5.57 Å². The van der Waals surface area contributed by atoms with Gasteiger partial charge in [0.05, 0.1) is 6.10 Å². The largest absolute Gasteiger partial charge is 0.393 e. The molecule has 0 aliphatic heterocycles. The van der Waals surface area contributed by atoms with Crippen molar-refractivity contribution in [1.29, 1.82) is 0 Å². The predicted molar refractivity (Wildman–Crippen MR) is 77.7 cm³/mol. The van der Waals surface area contributed by atoms with Crippen molar-refractivity contribution >= 4 is 0 Å². The van der Waals surface area contributed by atoms with Gasteiger partial charge in [0, 0.05) is 0 Å². The van der Waals surface area contributed by atoms with E-state index in [0.29, 0.717) is 0 Å². The zero-order chi connectivity index (χ0) is 13.0. The minimum atomic E-state index is -0.0277. The Hall–Kier alpha value is -0.560. The van der Waals surface area contributed by atoms with Gasteiger partial charge in [0.15, 0.2) is 0 Å². The molecule has 0 spiro atoms. The minimum Gasteiger partial charge on any atom is -0.393 e. The topological polar surface area (TPSA) is 20.2 Å². The molecule has 0 aromatic carbocycles. The van der Waals surface area contributed by atoms with Crippen LogP contribution in [0.3, 0.4) is 0 Å². The molecular weight excluding hydrogens is 232 g/mol. The predicted octanol–water partition coefficient (Wildman–Crippen LogP) is 4.23. The fourth-order valence-corrected chi connectivity index (χ4v) is 5.82. The average molecular weight is 258 g/mol. The monoisotopic (exact) mass is 258 g/mol. The number of hydrogen-bond acceptors (Lipinski definition) is 1. The molecule has 0 radical (unpaired) electrons. The number of fused-ring (bicyclic) bond motifs is 4. The third kappa shape index (κ3) is 1.63. The molecule has 1 N–H and O–H groups in total. The summed E-state index contributed by atoms with van der Waals surface area (Å²) in [6.45, 7) is 2.37. The highest BCUT2D eigenvalue weighted by atomic mass is 16.3. The van der Waals surface area contributed by atoms with Crippen molar-refractivity contribution in [3.8, 4) is 0 Å². The van der Waals surface area contributed by atoms with Crippen molar-refractivity contribution in [2.75, 3.05) is 0 Å². The van der Waals surface area contributed by atoms with Crippen LogP contribution in [-0.4, -0.2) is 11.2 Å². The van der Waals surface area contributed by atoms with Gasteiger partial charge in [0.1, 0.15) is 0 Å². The van der Waals surface area contributed by atoms with Gasteiger partial charge in [-0.25, -0.2) is 0 Å². The van der Waals surface area contributed by atoms with Crippen molar-refractivity contribution in [1.82, 2.24) is 0 Å². The van der Waals surface area contributed by atoms with Gasteiger partial charge in [-0.05, 0) is 74.5 Å². The SMILES string of the molecule is C[C@]12CC[C@@H]3C4=C(CC=CC4)CC[C@H]3[C@@H]1CC[C@@H]2O. The van der Waals surface area contributed by atoms with Gasteiger partial charge in [-0.2, -0.15) is 0 Å². The fraction of sp³-hybridized carbons (Fsp3) is 0.778. The van der Waals surface area contributed by atoms with Gasteiger partial charge in [-0.3, -0.25) is 0 Å². The van der Waals surface area contributed by atoms with E-state index in [1.54, 1.807) is 5.57 Å². The Bertz CT molecular complexity index is 447. The molecule has 1 nitrogen and oxygen atoms in total. The normalized spacial score (nSPS) is 48.7. The molecular formula is C18H26O.